The highest BCUT2D eigenvalue weighted by molar-refractivity contribution is 5.94. The molecule has 0 unspecified atom stereocenters. The molecule has 0 radical (unpaired) electrons. The maximum Gasteiger partial charge on any atom is 0.299 e. The van der Waals surface area contributed by atoms with Crippen LogP contribution in [0.5, 0.6) is 0 Å². The molecule has 2 aliphatic rings. The van der Waals surface area contributed by atoms with Gasteiger partial charge in [0, 0.05) is 31.1 Å². The van der Waals surface area contributed by atoms with Gasteiger partial charge in [0.15, 0.2) is 0 Å². The lowest BCUT2D eigenvalue weighted by atomic mass is 9.93. The van der Waals surface area contributed by atoms with E-state index in [4.69, 9.17) is 9.47 Å². The minimum absolute atomic E-state index is 0.000347. The summed E-state index contributed by atoms with van der Waals surface area (Å²) in [4.78, 5) is 14.2. The maximum atomic E-state index is 12.4. The molecule has 0 bridgehead atoms. The predicted octanol–water partition coefficient (Wildman–Crippen LogP) is 1.83. The number of morpholine rings is 1. The number of hydrogen-bond acceptors (Lipinski definition) is 3. The summed E-state index contributed by atoms with van der Waals surface area (Å²) >= 11 is 0. The number of benzene rings is 1. The van der Waals surface area contributed by atoms with Gasteiger partial charge in [-0.2, -0.15) is 0 Å². The third-order valence-electron chi connectivity index (χ3n) is 4.38. The SMILES string of the molecule is C[C@@H]1CN(C(=O)C#Cc2ccccc2)C[C@@]2(CCO[C@@H]2C)O1. The van der Waals surface area contributed by atoms with E-state index in [2.05, 4.69) is 11.8 Å². The molecule has 116 valence electrons. The predicted molar refractivity (Wildman–Crippen MR) is 83.2 cm³/mol. The Labute approximate surface area is 131 Å². The first-order chi connectivity index (χ1) is 10.6. The van der Waals surface area contributed by atoms with Crippen LogP contribution in [0.4, 0.5) is 0 Å². The van der Waals surface area contributed by atoms with Crippen LogP contribution >= 0.6 is 0 Å². The second-order valence-corrected chi connectivity index (χ2v) is 6.06. The molecule has 2 fully saturated rings. The molecule has 22 heavy (non-hydrogen) atoms. The van der Waals surface area contributed by atoms with Gasteiger partial charge in [-0.3, -0.25) is 4.79 Å². The number of rotatable bonds is 0. The smallest absolute Gasteiger partial charge is 0.299 e. The zero-order valence-corrected chi connectivity index (χ0v) is 13.0. The number of carbonyl (C=O) groups is 1. The lowest BCUT2D eigenvalue weighted by Crippen LogP contribution is -2.59. The van der Waals surface area contributed by atoms with Crippen LogP contribution < -0.4 is 0 Å². The molecular formula is C18H21NO3. The van der Waals surface area contributed by atoms with Gasteiger partial charge in [-0.1, -0.05) is 24.1 Å². The van der Waals surface area contributed by atoms with Crippen molar-refractivity contribution in [1.29, 1.82) is 0 Å². The Bertz CT molecular complexity index is 604. The van der Waals surface area contributed by atoms with Gasteiger partial charge in [-0.15, -0.1) is 0 Å². The Kier molecular flexibility index (Phi) is 4.19. The molecule has 4 nitrogen and oxygen atoms in total. The standard InChI is InChI=1S/C18H21NO3/c1-14-12-19(13-18(22-14)10-11-21-15(18)2)17(20)9-8-16-6-4-3-5-7-16/h3-7,14-15H,10-13H2,1-2H3/t14-,15-,18-/m1/s1. The van der Waals surface area contributed by atoms with Crippen molar-refractivity contribution in [2.45, 2.75) is 38.1 Å². The van der Waals surface area contributed by atoms with Crippen molar-refractivity contribution in [3.8, 4) is 11.8 Å². The van der Waals surface area contributed by atoms with E-state index in [-0.39, 0.29) is 23.7 Å². The molecule has 1 amide bonds. The van der Waals surface area contributed by atoms with Crippen molar-refractivity contribution in [2.75, 3.05) is 19.7 Å². The van der Waals surface area contributed by atoms with Crippen molar-refractivity contribution in [1.82, 2.24) is 4.90 Å². The second kappa shape index (κ2) is 6.12. The summed E-state index contributed by atoms with van der Waals surface area (Å²) in [6, 6.07) is 9.56. The fourth-order valence-electron chi connectivity index (χ4n) is 3.18. The zero-order chi connectivity index (χ0) is 15.6. The fraction of sp³-hybridized carbons (Fsp3) is 0.500. The molecule has 0 aromatic heterocycles. The van der Waals surface area contributed by atoms with Crippen LogP contribution in [0.3, 0.4) is 0 Å². The average Bonchev–Trinajstić information content (AvgIpc) is 2.85. The summed E-state index contributed by atoms with van der Waals surface area (Å²) in [6.45, 7) is 5.84. The van der Waals surface area contributed by atoms with E-state index >= 15 is 0 Å². The van der Waals surface area contributed by atoms with E-state index in [1.54, 1.807) is 4.90 Å². The first-order valence-corrected chi connectivity index (χ1v) is 7.74. The van der Waals surface area contributed by atoms with Crippen LogP contribution in [-0.4, -0.2) is 48.3 Å². The zero-order valence-electron chi connectivity index (χ0n) is 13.0. The van der Waals surface area contributed by atoms with Gasteiger partial charge in [-0.05, 0) is 26.0 Å². The molecule has 0 saturated carbocycles. The van der Waals surface area contributed by atoms with Crippen molar-refractivity contribution < 1.29 is 14.3 Å². The van der Waals surface area contributed by atoms with Crippen molar-refractivity contribution in [2.24, 2.45) is 0 Å². The lowest BCUT2D eigenvalue weighted by Gasteiger charge is -2.44. The third-order valence-corrected chi connectivity index (χ3v) is 4.38. The van der Waals surface area contributed by atoms with Crippen LogP contribution in [0.2, 0.25) is 0 Å². The normalized spacial score (nSPS) is 30.9. The molecule has 1 aromatic carbocycles. The number of ether oxygens (including phenoxy) is 2. The number of nitrogens with zero attached hydrogens (tertiary/aromatic N) is 1. The molecule has 1 spiro atoms. The van der Waals surface area contributed by atoms with E-state index in [1.807, 2.05) is 44.2 Å². The second-order valence-electron chi connectivity index (χ2n) is 6.06. The van der Waals surface area contributed by atoms with E-state index in [9.17, 15) is 4.79 Å². The summed E-state index contributed by atoms with van der Waals surface area (Å²) in [6.07, 6.45) is 0.835. The summed E-state index contributed by atoms with van der Waals surface area (Å²) < 4.78 is 11.8. The van der Waals surface area contributed by atoms with Crippen molar-refractivity contribution in [3.05, 3.63) is 35.9 Å². The third kappa shape index (κ3) is 3.01. The Hall–Kier alpha value is -1.83. The van der Waals surface area contributed by atoms with Crippen LogP contribution in [-0.2, 0) is 14.3 Å². The van der Waals surface area contributed by atoms with E-state index < -0.39 is 0 Å². The minimum atomic E-state index is -0.373. The lowest BCUT2D eigenvalue weighted by molar-refractivity contribution is -0.175. The van der Waals surface area contributed by atoms with Gasteiger partial charge in [0.2, 0.25) is 0 Å². The quantitative estimate of drug-likeness (QED) is 0.686. The fourth-order valence-corrected chi connectivity index (χ4v) is 3.18. The van der Waals surface area contributed by atoms with Crippen LogP contribution in [0.25, 0.3) is 0 Å². The molecule has 2 heterocycles. The van der Waals surface area contributed by atoms with Crippen LogP contribution in [0, 0.1) is 11.8 Å². The summed E-state index contributed by atoms with van der Waals surface area (Å²) in [5.74, 6) is 5.54. The largest absolute Gasteiger partial charge is 0.375 e. The van der Waals surface area contributed by atoms with Gasteiger partial charge >= 0.3 is 0 Å². The Morgan fingerprint density at radius 1 is 1.32 bits per heavy atom. The molecule has 3 atom stereocenters. The maximum absolute atomic E-state index is 12.4. The molecule has 0 N–H and O–H groups in total. The molecule has 3 rings (SSSR count). The van der Waals surface area contributed by atoms with Crippen molar-refractivity contribution in [3.63, 3.8) is 0 Å². The molecule has 0 aliphatic carbocycles. The summed E-state index contributed by atoms with van der Waals surface area (Å²) in [5.41, 5.74) is 0.478. The number of carbonyl (C=O) groups excluding carboxylic acids is 1. The van der Waals surface area contributed by atoms with Gasteiger partial charge in [0.1, 0.15) is 5.60 Å². The van der Waals surface area contributed by atoms with E-state index in [1.165, 1.54) is 0 Å². The minimum Gasteiger partial charge on any atom is -0.375 e. The van der Waals surface area contributed by atoms with Crippen LogP contribution in [0.1, 0.15) is 25.8 Å². The summed E-state index contributed by atoms with van der Waals surface area (Å²) in [7, 11) is 0. The Balaban J connectivity index is 1.74. The first kappa shape index (κ1) is 15.1. The van der Waals surface area contributed by atoms with Gasteiger partial charge in [0.05, 0.1) is 18.8 Å². The number of hydrogen-bond donors (Lipinski definition) is 0. The Morgan fingerprint density at radius 2 is 2.09 bits per heavy atom. The van der Waals surface area contributed by atoms with Gasteiger partial charge < -0.3 is 14.4 Å². The highest BCUT2D eigenvalue weighted by Gasteiger charge is 2.48. The van der Waals surface area contributed by atoms with E-state index in [0.717, 1.165) is 12.0 Å². The molecule has 1 aromatic rings. The van der Waals surface area contributed by atoms with Gasteiger partial charge in [0.25, 0.3) is 5.91 Å². The topological polar surface area (TPSA) is 38.8 Å². The van der Waals surface area contributed by atoms with Crippen LogP contribution in [0.15, 0.2) is 30.3 Å². The van der Waals surface area contributed by atoms with Gasteiger partial charge in [-0.25, -0.2) is 0 Å². The molecule has 2 aliphatic heterocycles. The molecular weight excluding hydrogens is 278 g/mol. The summed E-state index contributed by atoms with van der Waals surface area (Å²) in [5, 5.41) is 0. The number of amides is 1. The first-order valence-electron chi connectivity index (χ1n) is 7.74. The molecule has 2 saturated heterocycles. The van der Waals surface area contributed by atoms with E-state index in [0.29, 0.717) is 19.7 Å². The highest BCUT2D eigenvalue weighted by atomic mass is 16.6. The highest BCUT2D eigenvalue weighted by Crippen LogP contribution is 2.34. The molecule has 4 heteroatoms. The van der Waals surface area contributed by atoms with Crippen molar-refractivity contribution >= 4 is 5.91 Å². The average molecular weight is 299 g/mol. The monoisotopic (exact) mass is 299 g/mol. The Morgan fingerprint density at radius 3 is 2.77 bits per heavy atom.